The van der Waals surface area contributed by atoms with Crippen LogP contribution in [0.25, 0.3) is 0 Å². The number of ether oxygens (including phenoxy) is 1. The zero-order valence-electron chi connectivity index (χ0n) is 8.86. The second-order valence-corrected chi connectivity index (χ2v) is 3.17. The van der Waals surface area contributed by atoms with Crippen LogP contribution >= 0.6 is 0 Å². The molecule has 0 aromatic carbocycles. The summed E-state index contributed by atoms with van der Waals surface area (Å²) in [5, 5.41) is 12.6. The number of aryl methyl sites for hydroxylation is 1. The molecule has 0 atom stereocenters. The van der Waals surface area contributed by atoms with Gasteiger partial charge in [0.1, 0.15) is 0 Å². The summed E-state index contributed by atoms with van der Waals surface area (Å²) >= 11 is 0. The van der Waals surface area contributed by atoms with Gasteiger partial charge in [0, 0.05) is 12.7 Å². The number of nitrogens with zero attached hydrogens (tertiary/aromatic N) is 3. The van der Waals surface area contributed by atoms with Crippen molar-refractivity contribution in [3.63, 3.8) is 0 Å². The maximum absolute atomic E-state index is 11.7. The Kier molecular flexibility index (Phi) is 4.01. The van der Waals surface area contributed by atoms with Crippen LogP contribution in [0, 0.1) is 18.3 Å². The van der Waals surface area contributed by atoms with E-state index in [-0.39, 0.29) is 12.0 Å². The lowest BCUT2D eigenvalue weighted by Gasteiger charge is -2.06. The third kappa shape index (κ3) is 2.89. The molecule has 0 unspecified atom stereocenters. The fourth-order valence-corrected chi connectivity index (χ4v) is 1.29. The van der Waals surface area contributed by atoms with Crippen LogP contribution in [0.5, 0.6) is 0 Å². The summed E-state index contributed by atoms with van der Waals surface area (Å²) in [4.78, 5) is 11.7. The first-order valence-electron chi connectivity index (χ1n) is 4.62. The Labute approximate surface area is 87.9 Å². The average Bonchev–Trinajstić information content (AvgIpc) is 2.21. The smallest absolute Gasteiger partial charge is 0.271 e. The minimum atomic E-state index is -0.209. The van der Waals surface area contributed by atoms with Gasteiger partial charge in [0.15, 0.2) is 0 Å². The molecule has 15 heavy (non-hydrogen) atoms. The molecule has 1 heterocycles. The van der Waals surface area contributed by atoms with Gasteiger partial charge in [-0.3, -0.25) is 4.79 Å². The highest BCUT2D eigenvalue weighted by Crippen LogP contribution is 1.96. The Morgan fingerprint density at radius 2 is 2.40 bits per heavy atom. The second-order valence-electron chi connectivity index (χ2n) is 3.17. The highest BCUT2D eigenvalue weighted by molar-refractivity contribution is 5.16. The first kappa shape index (κ1) is 11.4. The largest absolute Gasteiger partial charge is 0.383 e. The van der Waals surface area contributed by atoms with E-state index in [0.29, 0.717) is 18.7 Å². The number of nitriles is 1. The summed E-state index contributed by atoms with van der Waals surface area (Å²) in [5.41, 5.74) is 1.01. The average molecular weight is 207 g/mol. The van der Waals surface area contributed by atoms with Crippen molar-refractivity contribution in [1.82, 2.24) is 9.78 Å². The van der Waals surface area contributed by atoms with Crippen molar-refractivity contribution >= 4 is 0 Å². The van der Waals surface area contributed by atoms with Gasteiger partial charge in [-0.15, -0.1) is 0 Å². The SMILES string of the molecule is COCCn1nc(C)cc(CC#N)c1=O. The van der Waals surface area contributed by atoms with Gasteiger partial charge in [0.05, 0.1) is 31.3 Å². The number of methoxy groups -OCH3 is 1. The molecule has 0 amide bonds. The van der Waals surface area contributed by atoms with Crippen LogP contribution in [-0.2, 0) is 17.7 Å². The minimum absolute atomic E-state index is 0.120. The molecule has 0 aliphatic heterocycles. The molecule has 0 saturated carbocycles. The van der Waals surface area contributed by atoms with Gasteiger partial charge in [0.25, 0.3) is 5.56 Å². The molecule has 0 spiro atoms. The van der Waals surface area contributed by atoms with Crippen LogP contribution in [0.15, 0.2) is 10.9 Å². The second kappa shape index (κ2) is 5.27. The third-order valence-electron chi connectivity index (χ3n) is 1.95. The lowest BCUT2D eigenvalue weighted by atomic mass is 10.2. The maximum Gasteiger partial charge on any atom is 0.271 e. The Morgan fingerprint density at radius 3 is 3.00 bits per heavy atom. The summed E-state index contributed by atoms with van der Waals surface area (Å²) in [5.74, 6) is 0. The molecule has 0 saturated heterocycles. The molecule has 80 valence electrons. The molecule has 0 aliphatic rings. The van der Waals surface area contributed by atoms with Gasteiger partial charge in [-0.25, -0.2) is 4.68 Å². The molecular formula is C10H13N3O2. The predicted octanol–water partition coefficient (Wildman–Crippen LogP) is 0.264. The van der Waals surface area contributed by atoms with Crippen LogP contribution in [0.3, 0.4) is 0 Å². The molecule has 0 N–H and O–H groups in total. The van der Waals surface area contributed by atoms with Crippen molar-refractivity contribution in [3.05, 3.63) is 27.7 Å². The maximum atomic E-state index is 11.7. The van der Waals surface area contributed by atoms with Gasteiger partial charge in [0.2, 0.25) is 0 Å². The van der Waals surface area contributed by atoms with E-state index in [9.17, 15) is 4.79 Å². The number of rotatable bonds is 4. The van der Waals surface area contributed by atoms with Crippen LogP contribution in [0.1, 0.15) is 11.3 Å². The zero-order chi connectivity index (χ0) is 11.3. The Hall–Kier alpha value is -1.67. The van der Waals surface area contributed by atoms with Crippen molar-refractivity contribution in [2.75, 3.05) is 13.7 Å². The standard InChI is InChI=1S/C10H13N3O2/c1-8-7-9(3-4-11)10(14)13(12-8)5-6-15-2/h7H,3,5-6H2,1-2H3. The van der Waals surface area contributed by atoms with Gasteiger partial charge in [-0.2, -0.15) is 10.4 Å². The summed E-state index contributed by atoms with van der Waals surface area (Å²) in [7, 11) is 1.57. The van der Waals surface area contributed by atoms with E-state index in [1.807, 2.05) is 6.07 Å². The van der Waals surface area contributed by atoms with Crippen LogP contribution in [-0.4, -0.2) is 23.5 Å². The molecule has 1 aromatic rings. The molecule has 5 heteroatoms. The summed E-state index contributed by atoms with van der Waals surface area (Å²) in [6, 6.07) is 3.61. The monoisotopic (exact) mass is 207 g/mol. The Balaban J connectivity index is 3.06. The van der Waals surface area contributed by atoms with E-state index in [1.165, 1.54) is 4.68 Å². The quantitative estimate of drug-likeness (QED) is 0.710. The van der Waals surface area contributed by atoms with E-state index in [1.54, 1.807) is 20.1 Å². The first-order valence-corrected chi connectivity index (χ1v) is 4.62. The topological polar surface area (TPSA) is 67.9 Å². The molecule has 0 aliphatic carbocycles. The van der Waals surface area contributed by atoms with E-state index in [2.05, 4.69) is 5.10 Å². The zero-order valence-corrected chi connectivity index (χ0v) is 8.86. The van der Waals surface area contributed by atoms with Gasteiger partial charge in [-0.1, -0.05) is 0 Å². The number of hydrogen-bond acceptors (Lipinski definition) is 4. The fraction of sp³-hybridized carbons (Fsp3) is 0.500. The third-order valence-corrected chi connectivity index (χ3v) is 1.95. The molecule has 5 nitrogen and oxygen atoms in total. The fourth-order valence-electron chi connectivity index (χ4n) is 1.29. The van der Waals surface area contributed by atoms with Crippen LogP contribution in [0.2, 0.25) is 0 Å². The molecular weight excluding hydrogens is 194 g/mol. The normalized spacial score (nSPS) is 9.93. The molecule has 0 bridgehead atoms. The molecule has 1 aromatic heterocycles. The van der Waals surface area contributed by atoms with Crippen LogP contribution < -0.4 is 5.56 Å². The Morgan fingerprint density at radius 1 is 1.67 bits per heavy atom. The van der Waals surface area contributed by atoms with E-state index < -0.39 is 0 Å². The van der Waals surface area contributed by atoms with Crippen molar-refractivity contribution in [2.24, 2.45) is 0 Å². The van der Waals surface area contributed by atoms with Gasteiger partial charge < -0.3 is 4.74 Å². The first-order chi connectivity index (χ1) is 7.19. The Bertz CT molecular complexity index is 431. The number of hydrogen-bond donors (Lipinski definition) is 0. The highest BCUT2D eigenvalue weighted by Gasteiger charge is 2.05. The van der Waals surface area contributed by atoms with E-state index >= 15 is 0 Å². The van der Waals surface area contributed by atoms with Crippen molar-refractivity contribution in [1.29, 1.82) is 5.26 Å². The number of aromatic nitrogens is 2. The van der Waals surface area contributed by atoms with Crippen molar-refractivity contribution < 1.29 is 4.74 Å². The minimum Gasteiger partial charge on any atom is -0.383 e. The molecule has 0 radical (unpaired) electrons. The van der Waals surface area contributed by atoms with E-state index in [4.69, 9.17) is 10.00 Å². The lowest BCUT2D eigenvalue weighted by Crippen LogP contribution is -2.28. The van der Waals surface area contributed by atoms with Crippen molar-refractivity contribution in [2.45, 2.75) is 19.9 Å². The van der Waals surface area contributed by atoms with Crippen LogP contribution in [0.4, 0.5) is 0 Å². The molecule has 1 rings (SSSR count). The predicted molar refractivity (Wildman–Crippen MR) is 54.4 cm³/mol. The summed E-state index contributed by atoms with van der Waals surface area (Å²) in [6.07, 6.45) is 0.120. The highest BCUT2D eigenvalue weighted by atomic mass is 16.5. The van der Waals surface area contributed by atoms with Gasteiger partial charge in [-0.05, 0) is 13.0 Å². The summed E-state index contributed by atoms with van der Waals surface area (Å²) in [6.45, 7) is 2.64. The van der Waals surface area contributed by atoms with E-state index in [0.717, 1.165) is 5.69 Å². The lowest BCUT2D eigenvalue weighted by molar-refractivity contribution is 0.181. The molecule has 0 fully saturated rings. The summed E-state index contributed by atoms with van der Waals surface area (Å²) < 4.78 is 6.21. The van der Waals surface area contributed by atoms with Crippen molar-refractivity contribution in [3.8, 4) is 6.07 Å². The van der Waals surface area contributed by atoms with Gasteiger partial charge >= 0.3 is 0 Å².